The second kappa shape index (κ2) is 8.51. The molecular formula is C14H26O3. The first kappa shape index (κ1) is 14.5. The van der Waals surface area contributed by atoms with E-state index in [9.17, 15) is 4.79 Å². The third-order valence-corrected chi connectivity index (χ3v) is 3.39. The number of hydrogen-bond acceptors (Lipinski definition) is 3. The third kappa shape index (κ3) is 6.67. The van der Waals surface area contributed by atoms with Crippen LogP contribution in [0.3, 0.4) is 0 Å². The van der Waals surface area contributed by atoms with Crippen LogP contribution in [0.15, 0.2) is 0 Å². The Morgan fingerprint density at radius 2 is 1.59 bits per heavy atom. The molecule has 1 unspecified atom stereocenters. The van der Waals surface area contributed by atoms with Crippen LogP contribution in [0.25, 0.3) is 0 Å². The van der Waals surface area contributed by atoms with E-state index in [-0.39, 0.29) is 0 Å². The first-order valence-electron chi connectivity index (χ1n) is 7.08. The fraction of sp³-hybridized carbons (Fsp3) is 0.929. The van der Waals surface area contributed by atoms with Crippen LogP contribution in [0, 0.1) is 0 Å². The summed E-state index contributed by atoms with van der Waals surface area (Å²) in [5.41, 5.74) is 0. The number of carbonyl (C=O) groups excluding carboxylic acids is 1. The van der Waals surface area contributed by atoms with Crippen LogP contribution in [0.2, 0.25) is 0 Å². The van der Waals surface area contributed by atoms with Crippen molar-refractivity contribution in [2.75, 3.05) is 6.61 Å². The summed E-state index contributed by atoms with van der Waals surface area (Å²) in [5, 5.41) is 0. The molecule has 17 heavy (non-hydrogen) atoms. The molecule has 0 saturated carbocycles. The highest BCUT2D eigenvalue weighted by Gasteiger charge is 2.46. The SMILES string of the molecule is CCCCCCCCCCCC1(OC=O)CO1. The quantitative estimate of drug-likeness (QED) is 0.297. The van der Waals surface area contributed by atoms with Gasteiger partial charge in [0.05, 0.1) is 0 Å². The minimum Gasteiger partial charge on any atom is -0.433 e. The monoisotopic (exact) mass is 242 g/mol. The summed E-state index contributed by atoms with van der Waals surface area (Å²) in [6.45, 7) is 3.33. The van der Waals surface area contributed by atoms with Gasteiger partial charge in [0.2, 0.25) is 5.79 Å². The highest BCUT2D eigenvalue weighted by Crippen LogP contribution is 2.33. The van der Waals surface area contributed by atoms with Crippen LogP contribution >= 0.6 is 0 Å². The van der Waals surface area contributed by atoms with Crippen LogP contribution in [0.4, 0.5) is 0 Å². The van der Waals surface area contributed by atoms with Crippen molar-refractivity contribution in [3.8, 4) is 0 Å². The zero-order valence-corrected chi connectivity index (χ0v) is 11.1. The topological polar surface area (TPSA) is 38.8 Å². The zero-order chi connectivity index (χ0) is 12.4. The molecule has 3 nitrogen and oxygen atoms in total. The molecule has 0 aliphatic carbocycles. The average Bonchev–Trinajstić information content (AvgIpc) is 3.08. The van der Waals surface area contributed by atoms with Crippen molar-refractivity contribution in [1.82, 2.24) is 0 Å². The van der Waals surface area contributed by atoms with E-state index in [1.807, 2.05) is 0 Å². The zero-order valence-electron chi connectivity index (χ0n) is 11.1. The molecule has 0 amide bonds. The van der Waals surface area contributed by atoms with E-state index >= 15 is 0 Å². The maximum absolute atomic E-state index is 10.2. The molecule has 1 heterocycles. The van der Waals surface area contributed by atoms with Gasteiger partial charge in [-0.2, -0.15) is 0 Å². The molecule has 0 N–H and O–H groups in total. The van der Waals surface area contributed by atoms with Crippen molar-refractivity contribution >= 4 is 6.47 Å². The average molecular weight is 242 g/mol. The Balaban J connectivity index is 1.80. The fourth-order valence-electron chi connectivity index (χ4n) is 2.14. The van der Waals surface area contributed by atoms with Crippen molar-refractivity contribution in [3.05, 3.63) is 0 Å². The van der Waals surface area contributed by atoms with Crippen LogP contribution < -0.4 is 0 Å². The van der Waals surface area contributed by atoms with E-state index < -0.39 is 5.79 Å². The largest absolute Gasteiger partial charge is 0.433 e. The van der Waals surface area contributed by atoms with Crippen molar-refractivity contribution in [1.29, 1.82) is 0 Å². The Hall–Kier alpha value is -0.570. The van der Waals surface area contributed by atoms with E-state index in [1.165, 1.54) is 51.4 Å². The lowest BCUT2D eigenvalue weighted by atomic mass is 10.1. The highest BCUT2D eigenvalue weighted by molar-refractivity contribution is 5.38. The summed E-state index contributed by atoms with van der Waals surface area (Å²) in [4.78, 5) is 10.2. The molecule has 0 bridgehead atoms. The minimum atomic E-state index is -0.525. The highest BCUT2D eigenvalue weighted by atomic mass is 16.8. The van der Waals surface area contributed by atoms with Crippen molar-refractivity contribution in [2.24, 2.45) is 0 Å². The molecule has 1 saturated heterocycles. The standard InChI is InChI=1S/C14H26O3/c1-2-3-4-5-6-7-8-9-10-11-14(12-16-14)17-13-15/h13H,2-12H2,1H3. The predicted octanol–water partition coefficient (Wildman–Crippen LogP) is 3.81. The van der Waals surface area contributed by atoms with Gasteiger partial charge in [0, 0.05) is 6.42 Å². The van der Waals surface area contributed by atoms with Crippen LogP contribution in [-0.2, 0) is 14.3 Å². The van der Waals surface area contributed by atoms with Gasteiger partial charge in [0.25, 0.3) is 6.47 Å². The Labute approximate surface area is 105 Å². The third-order valence-electron chi connectivity index (χ3n) is 3.39. The van der Waals surface area contributed by atoms with Gasteiger partial charge in [-0.15, -0.1) is 0 Å². The summed E-state index contributed by atoms with van der Waals surface area (Å²) >= 11 is 0. The maximum Gasteiger partial charge on any atom is 0.295 e. The summed E-state index contributed by atoms with van der Waals surface area (Å²) < 4.78 is 10.1. The molecule has 0 radical (unpaired) electrons. The van der Waals surface area contributed by atoms with Crippen LogP contribution in [0.1, 0.15) is 71.1 Å². The van der Waals surface area contributed by atoms with Gasteiger partial charge in [0.1, 0.15) is 6.61 Å². The molecule has 1 fully saturated rings. The second-order valence-electron chi connectivity index (χ2n) is 4.99. The van der Waals surface area contributed by atoms with Crippen LogP contribution in [-0.4, -0.2) is 18.9 Å². The first-order chi connectivity index (χ1) is 8.33. The second-order valence-corrected chi connectivity index (χ2v) is 4.99. The lowest BCUT2D eigenvalue weighted by Gasteiger charge is -2.08. The van der Waals surface area contributed by atoms with Gasteiger partial charge in [0.15, 0.2) is 0 Å². The fourth-order valence-corrected chi connectivity index (χ4v) is 2.14. The minimum absolute atomic E-state index is 0.501. The van der Waals surface area contributed by atoms with Crippen molar-refractivity contribution in [3.63, 3.8) is 0 Å². The summed E-state index contributed by atoms with van der Waals surface area (Å²) in [5.74, 6) is -0.525. The normalized spacial score (nSPS) is 22.4. The number of rotatable bonds is 12. The smallest absolute Gasteiger partial charge is 0.295 e. The van der Waals surface area contributed by atoms with Gasteiger partial charge in [-0.05, 0) is 6.42 Å². The number of hydrogen-bond donors (Lipinski definition) is 0. The Morgan fingerprint density at radius 3 is 2.06 bits per heavy atom. The summed E-state index contributed by atoms with van der Waals surface area (Å²) in [6.07, 6.45) is 12.7. The van der Waals surface area contributed by atoms with Gasteiger partial charge < -0.3 is 9.47 Å². The van der Waals surface area contributed by atoms with Crippen molar-refractivity contribution in [2.45, 2.75) is 76.9 Å². The summed E-state index contributed by atoms with van der Waals surface area (Å²) in [6, 6.07) is 0. The van der Waals surface area contributed by atoms with E-state index in [0.29, 0.717) is 13.1 Å². The van der Waals surface area contributed by atoms with E-state index in [0.717, 1.165) is 12.8 Å². The van der Waals surface area contributed by atoms with Gasteiger partial charge in [-0.25, -0.2) is 0 Å². The Bertz CT molecular complexity index is 200. The number of carbonyl (C=O) groups is 1. The molecule has 1 aliphatic rings. The molecule has 3 heteroatoms. The van der Waals surface area contributed by atoms with Gasteiger partial charge in [-0.1, -0.05) is 58.3 Å². The van der Waals surface area contributed by atoms with E-state index in [1.54, 1.807) is 0 Å². The summed E-state index contributed by atoms with van der Waals surface area (Å²) in [7, 11) is 0. The lowest BCUT2D eigenvalue weighted by Crippen LogP contribution is -2.14. The predicted molar refractivity (Wildman–Crippen MR) is 67.7 cm³/mol. The van der Waals surface area contributed by atoms with Crippen molar-refractivity contribution < 1.29 is 14.3 Å². The number of epoxide rings is 1. The Kier molecular flexibility index (Phi) is 7.25. The van der Waals surface area contributed by atoms with E-state index in [4.69, 9.17) is 9.47 Å². The lowest BCUT2D eigenvalue weighted by molar-refractivity contribution is -0.143. The first-order valence-corrected chi connectivity index (χ1v) is 7.08. The molecule has 1 aliphatic heterocycles. The molecule has 0 aromatic carbocycles. The molecule has 0 aromatic heterocycles. The van der Waals surface area contributed by atoms with Crippen LogP contribution in [0.5, 0.6) is 0 Å². The molecule has 100 valence electrons. The van der Waals surface area contributed by atoms with Gasteiger partial charge >= 0.3 is 0 Å². The maximum atomic E-state index is 10.2. The molecular weight excluding hydrogens is 216 g/mol. The van der Waals surface area contributed by atoms with Gasteiger partial charge in [-0.3, -0.25) is 4.79 Å². The number of ether oxygens (including phenoxy) is 2. The molecule has 0 spiro atoms. The molecule has 0 aromatic rings. The molecule has 1 rings (SSSR count). The Morgan fingerprint density at radius 1 is 1.06 bits per heavy atom. The molecule has 1 atom stereocenters. The van der Waals surface area contributed by atoms with E-state index in [2.05, 4.69) is 6.92 Å². The number of unbranched alkanes of at least 4 members (excludes halogenated alkanes) is 8.